The van der Waals surface area contributed by atoms with Gasteiger partial charge in [0.25, 0.3) is 0 Å². The van der Waals surface area contributed by atoms with Gasteiger partial charge in [0.15, 0.2) is 0 Å². The highest BCUT2D eigenvalue weighted by Crippen LogP contribution is 2.18. The normalized spacial score (nSPS) is 12.2. The van der Waals surface area contributed by atoms with Crippen molar-refractivity contribution in [3.8, 4) is 0 Å². The number of carbonyl (C=O) groups is 1. The molecular weight excluding hydrogens is 312 g/mol. The highest BCUT2D eigenvalue weighted by molar-refractivity contribution is 9.10. The largest absolute Gasteiger partial charge is 0.468 e. The van der Waals surface area contributed by atoms with Gasteiger partial charge in [0.2, 0.25) is 0 Å². The minimum atomic E-state index is -0.460. The molecule has 94 valence electrons. The maximum absolute atomic E-state index is 13.4. The summed E-state index contributed by atoms with van der Waals surface area (Å²) in [6.07, 6.45) is 0. The first-order valence-corrected chi connectivity index (χ1v) is 6.21. The predicted molar refractivity (Wildman–Crippen MR) is 67.8 cm³/mol. The number of methoxy groups -OCH3 is 1. The predicted octanol–water partition coefficient (Wildman–Crippen LogP) is 2.51. The first-order chi connectivity index (χ1) is 8.06. The maximum atomic E-state index is 13.4. The van der Waals surface area contributed by atoms with E-state index in [1.54, 1.807) is 12.1 Å². The Kier molecular flexibility index (Phi) is 5.88. The zero-order valence-electron chi connectivity index (χ0n) is 9.17. The lowest BCUT2D eigenvalue weighted by Crippen LogP contribution is -2.29. The second-order valence-corrected chi connectivity index (χ2v) is 4.83. The minimum Gasteiger partial charge on any atom is -0.468 e. The van der Waals surface area contributed by atoms with Crippen LogP contribution in [0.25, 0.3) is 0 Å². The van der Waals surface area contributed by atoms with Crippen LogP contribution >= 0.6 is 27.5 Å². The number of alkyl halides is 1. The van der Waals surface area contributed by atoms with E-state index in [1.807, 2.05) is 0 Å². The van der Waals surface area contributed by atoms with E-state index in [2.05, 4.69) is 26.0 Å². The SMILES string of the molecule is COC(=O)C(Br)CNCc1c(F)cccc1Cl. The summed E-state index contributed by atoms with van der Waals surface area (Å²) >= 11 is 9.00. The lowest BCUT2D eigenvalue weighted by Gasteiger charge is -2.10. The summed E-state index contributed by atoms with van der Waals surface area (Å²) in [6.45, 7) is 0.585. The van der Waals surface area contributed by atoms with Crippen molar-refractivity contribution in [3.63, 3.8) is 0 Å². The number of hydrogen-bond acceptors (Lipinski definition) is 3. The Morgan fingerprint density at radius 2 is 2.35 bits per heavy atom. The first-order valence-electron chi connectivity index (χ1n) is 4.91. The summed E-state index contributed by atoms with van der Waals surface area (Å²) in [5.41, 5.74) is 0.388. The minimum absolute atomic E-state index is 0.255. The van der Waals surface area contributed by atoms with Crippen molar-refractivity contribution >= 4 is 33.5 Å². The van der Waals surface area contributed by atoms with Crippen LogP contribution in [0.5, 0.6) is 0 Å². The summed E-state index contributed by atoms with van der Waals surface area (Å²) in [7, 11) is 1.31. The Hall–Kier alpha value is -0.650. The molecule has 1 aromatic carbocycles. The van der Waals surface area contributed by atoms with Crippen molar-refractivity contribution in [1.29, 1.82) is 0 Å². The van der Waals surface area contributed by atoms with Crippen LogP contribution in [0.3, 0.4) is 0 Å². The third-order valence-electron chi connectivity index (χ3n) is 2.14. The van der Waals surface area contributed by atoms with Crippen LogP contribution in [0.2, 0.25) is 5.02 Å². The van der Waals surface area contributed by atoms with Gasteiger partial charge in [-0.1, -0.05) is 33.6 Å². The van der Waals surface area contributed by atoms with Crippen LogP contribution in [0.15, 0.2) is 18.2 Å². The molecule has 0 bridgehead atoms. The number of benzene rings is 1. The van der Waals surface area contributed by atoms with Crippen LogP contribution in [-0.2, 0) is 16.1 Å². The van der Waals surface area contributed by atoms with Crippen molar-refractivity contribution < 1.29 is 13.9 Å². The average Bonchev–Trinajstić information content (AvgIpc) is 2.31. The van der Waals surface area contributed by atoms with Gasteiger partial charge in [-0.15, -0.1) is 0 Å². The van der Waals surface area contributed by atoms with Gasteiger partial charge in [-0.3, -0.25) is 4.79 Å². The number of nitrogens with one attached hydrogen (secondary N) is 1. The van der Waals surface area contributed by atoms with E-state index in [9.17, 15) is 9.18 Å². The molecule has 3 nitrogen and oxygen atoms in total. The highest BCUT2D eigenvalue weighted by atomic mass is 79.9. The Morgan fingerprint density at radius 1 is 1.65 bits per heavy atom. The van der Waals surface area contributed by atoms with Gasteiger partial charge in [-0.05, 0) is 12.1 Å². The molecule has 0 saturated heterocycles. The van der Waals surface area contributed by atoms with E-state index in [-0.39, 0.29) is 18.3 Å². The molecule has 0 heterocycles. The average molecular weight is 325 g/mol. The zero-order valence-corrected chi connectivity index (χ0v) is 11.5. The molecule has 0 aliphatic heterocycles. The lowest BCUT2D eigenvalue weighted by atomic mass is 10.2. The molecule has 0 radical (unpaired) electrons. The fraction of sp³-hybridized carbons (Fsp3) is 0.364. The van der Waals surface area contributed by atoms with E-state index < -0.39 is 4.83 Å². The number of ether oxygens (including phenoxy) is 1. The third kappa shape index (κ3) is 4.26. The molecule has 17 heavy (non-hydrogen) atoms. The van der Waals surface area contributed by atoms with Crippen molar-refractivity contribution in [1.82, 2.24) is 5.32 Å². The van der Waals surface area contributed by atoms with Crippen LogP contribution in [0, 0.1) is 5.82 Å². The molecule has 1 atom stereocenters. The van der Waals surface area contributed by atoms with Crippen molar-refractivity contribution in [3.05, 3.63) is 34.6 Å². The Labute approximate surface area is 112 Å². The quantitative estimate of drug-likeness (QED) is 0.668. The molecule has 0 aliphatic carbocycles. The van der Waals surface area contributed by atoms with Gasteiger partial charge >= 0.3 is 5.97 Å². The molecule has 1 unspecified atom stereocenters. The monoisotopic (exact) mass is 323 g/mol. The molecule has 0 spiro atoms. The molecule has 0 fully saturated rings. The molecule has 0 aliphatic rings. The van der Waals surface area contributed by atoms with E-state index in [0.29, 0.717) is 17.1 Å². The van der Waals surface area contributed by atoms with Crippen LogP contribution < -0.4 is 5.32 Å². The van der Waals surface area contributed by atoms with Gasteiger partial charge in [0, 0.05) is 23.7 Å². The smallest absolute Gasteiger partial charge is 0.320 e. The van der Waals surface area contributed by atoms with Crippen molar-refractivity contribution in [2.24, 2.45) is 0 Å². The standard InChI is InChI=1S/C11H12BrClFNO2/c1-17-11(16)8(12)6-15-5-7-9(13)3-2-4-10(7)14/h2-4,8,15H,5-6H2,1H3. The van der Waals surface area contributed by atoms with Crippen molar-refractivity contribution in [2.75, 3.05) is 13.7 Å². The summed E-state index contributed by atoms with van der Waals surface area (Å²) in [4.78, 5) is 10.6. The van der Waals surface area contributed by atoms with Crippen LogP contribution in [-0.4, -0.2) is 24.5 Å². The zero-order chi connectivity index (χ0) is 12.8. The van der Waals surface area contributed by atoms with E-state index in [4.69, 9.17) is 11.6 Å². The number of hydrogen-bond donors (Lipinski definition) is 1. The summed E-state index contributed by atoms with van der Waals surface area (Å²) in [5, 5.41) is 3.29. The highest BCUT2D eigenvalue weighted by Gasteiger charge is 2.15. The Bertz CT molecular complexity index is 383. The Morgan fingerprint density at radius 3 is 2.94 bits per heavy atom. The molecule has 1 aromatic rings. The van der Waals surface area contributed by atoms with Gasteiger partial charge in [-0.25, -0.2) is 4.39 Å². The summed E-state index contributed by atoms with van der Waals surface area (Å²) in [6, 6.07) is 4.51. The summed E-state index contributed by atoms with van der Waals surface area (Å²) in [5.74, 6) is -0.744. The van der Waals surface area contributed by atoms with E-state index in [0.717, 1.165) is 0 Å². The van der Waals surface area contributed by atoms with E-state index >= 15 is 0 Å². The number of esters is 1. The second-order valence-electron chi connectivity index (χ2n) is 3.32. The number of carbonyl (C=O) groups excluding carboxylic acids is 1. The fourth-order valence-electron chi connectivity index (χ4n) is 1.24. The van der Waals surface area contributed by atoms with Crippen LogP contribution in [0.4, 0.5) is 4.39 Å². The lowest BCUT2D eigenvalue weighted by molar-refractivity contribution is -0.139. The van der Waals surface area contributed by atoms with Crippen molar-refractivity contribution in [2.45, 2.75) is 11.4 Å². The van der Waals surface area contributed by atoms with E-state index in [1.165, 1.54) is 13.2 Å². The second kappa shape index (κ2) is 6.93. The van der Waals surface area contributed by atoms with Gasteiger partial charge in [-0.2, -0.15) is 0 Å². The number of rotatable bonds is 5. The van der Waals surface area contributed by atoms with Gasteiger partial charge in [0.1, 0.15) is 10.6 Å². The maximum Gasteiger partial charge on any atom is 0.320 e. The van der Waals surface area contributed by atoms with Gasteiger partial charge < -0.3 is 10.1 Å². The molecule has 1 rings (SSSR count). The third-order valence-corrected chi connectivity index (χ3v) is 3.20. The first kappa shape index (κ1) is 14.4. The Balaban J connectivity index is 2.49. The molecule has 0 saturated carbocycles. The molecular formula is C11H12BrClFNO2. The fourth-order valence-corrected chi connectivity index (χ4v) is 1.88. The topological polar surface area (TPSA) is 38.3 Å². The molecule has 0 amide bonds. The molecule has 0 aromatic heterocycles. The number of halogens is 3. The summed E-state index contributed by atoms with van der Waals surface area (Å²) < 4.78 is 17.9. The molecule has 1 N–H and O–H groups in total. The van der Waals surface area contributed by atoms with Crippen LogP contribution in [0.1, 0.15) is 5.56 Å². The molecule has 6 heteroatoms. The van der Waals surface area contributed by atoms with Gasteiger partial charge in [0.05, 0.1) is 7.11 Å².